The highest BCUT2D eigenvalue weighted by molar-refractivity contribution is 7.74. The molecule has 0 aromatic heterocycles. The lowest BCUT2D eigenvalue weighted by molar-refractivity contribution is 0.587. The van der Waals surface area contributed by atoms with E-state index in [0.717, 1.165) is 24.3 Å². The van der Waals surface area contributed by atoms with Crippen LogP contribution in [0.15, 0.2) is 35.7 Å². The van der Waals surface area contributed by atoms with Crippen molar-refractivity contribution in [3.63, 3.8) is 0 Å². The molecule has 1 aliphatic heterocycles. The van der Waals surface area contributed by atoms with E-state index in [9.17, 15) is 4.57 Å². The molecule has 1 aromatic carbocycles. The zero-order valence-corrected chi connectivity index (χ0v) is 10.4. The fraction of sp³-hybridized carbons (Fsp3) is 0.333. The van der Waals surface area contributed by atoms with Crippen LogP contribution in [0, 0.1) is 0 Å². The molecule has 0 saturated carbocycles. The van der Waals surface area contributed by atoms with Gasteiger partial charge in [0.05, 0.1) is 0 Å². The molecule has 1 aliphatic rings. The topological polar surface area (TPSA) is 17.1 Å². The highest BCUT2D eigenvalue weighted by Gasteiger charge is 2.27. The van der Waals surface area contributed by atoms with Gasteiger partial charge in [-0.3, -0.25) is 0 Å². The summed E-state index contributed by atoms with van der Waals surface area (Å²) in [5.41, 5.74) is 1.33. The van der Waals surface area contributed by atoms with Crippen LogP contribution in [0.25, 0.3) is 0 Å². The molecule has 1 unspecified atom stereocenters. The Kier molecular flexibility index (Phi) is 3.04. The minimum absolute atomic E-state index is 0.698. The number of hydrogen-bond donors (Lipinski definition) is 0. The van der Waals surface area contributed by atoms with Crippen LogP contribution in [0.5, 0.6) is 0 Å². The van der Waals surface area contributed by atoms with Gasteiger partial charge in [-0.1, -0.05) is 24.1 Å². The average Bonchev–Trinajstić information content (AvgIpc) is 2.62. The van der Waals surface area contributed by atoms with Gasteiger partial charge in [0.25, 0.3) is 0 Å². The average molecular weight is 241 g/mol. The number of rotatable bonds is 2. The Morgan fingerprint density at radius 1 is 1.33 bits per heavy atom. The summed E-state index contributed by atoms with van der Waals surface area (Å²) in [6.07, 6.45) is 2.78. The molecule has 2 rings (SSSR count). The lowest BCUT2D eigenvalue weighted by Gasteiger charge is -2.08. The Bertz CT molecular complexity index is 433. The molecule has 0 N–H and O–H groups in total. The van der Waals surface area contributed by atoms with Crippen molar-refractivity contribution >= 4 is 24.0 Å². The van der Waals surface area contributed by atoms with Crippen LogP contribution in [0.4, 0.5) is 0 Å². The maximum Gasteiger partial charge on any atom is 0.136 e. The number of benzene rings is 1. The molecule has 15 heavy (non-hydrogen) atoms. The molecule has 0 spiro atoms. The SMILES string of the molecule is CCC1=CP(=O)(c2ccc(Cl)cc2)CC1. The van der Waals surface area contributed by atoms with Crippen molar-refractivity contribution in [1.29, 1.82) is 0 Å². The Balaban J connectivity index is 2.35. The van der Waals surface area contributed by atoms with Crippen molar-refractivity contribution < 1.29 is 4.57 Å². The molecule has 0 amide bonds. The Hall–Kier alpha value is -0.520. The van der Waals surface area contributed by atoms with Gasteiger partial charge in [-0.05, 0) is 42.9 Å². The second-order valence-corrected chi connectivity index (χ2v) is 7.14. The van der Waals surface area contributed by atoms with E-state index in [-0.39, 0.29) is 0 Å². The van der Waals surface area contributed by atoms with Crippen molar-refractivity contribution in [2.24, 2.45) is 0 Å². The van der Waals surface area contributed by atoms with E-state index < -0.39 is 7.14 Å². The van der Waals surface area contributed by atoms with Crippen molar-refractivity contribution in [3.05, 3.63) is 40.7 Å². The summed E-state index contributed by atoms with van der Waals surface area (Å²) in [5, 5.41) is 1.64. The van der Waals surface area contributed by atoms with Crippen LogP contribution in [-0.4, -0.2) is 6.16 Å². The summed E-state index contributed by atoms with van der Waals surface area (Å²) in [6.45, 7) is 2.11. The van der Waals surface area contributed by atoms with Gasteiger partial charge in [0.1, 0.15) is 7.14 Å². The predicted octanol–water partition coefficient (Wildman–Crippen LogP) is 4.03. The van der Waals surface area contributed by atoms with Crippen molar-refractivity contribution in [1.82, 2.24) is 0 Å². The first kappa shape index (κ1) is 11.0. The summed E-state index contributed by atoms with van der Waals surface area (Å²) >= 11 is 5.81. The van der Waals surface area contributed by atoms with Crippen LogP contribution in [0.2, 0.25) is 5.02 Å². The summed E-state index contributed by atoms with van der Waals surface area (Å²) in [5.74, 6) is 2.00. The molecule has 1 aromatic rings. The molecule has 0 saturated heterocycles. The summed E-state index contributed by atoms with van der Waals surface area (Å²) < 4.78 is 12.6. The molecule has 0 aliphatic carbocycles. The van der Waals surface area contributed by atoms with E-state index in [1.165, 1.54) is 5.57 Å². The van der Waals surface area contributed by atoms with E-state index in [1.54, 1.807) is 0 Å². The number of hydrogen-bond acceptors (Lipinski definition) is 1. The molecule has 80 valence electrons. The minimum atomic E-state index is -2.24. The van der Waals surface area contributed by atoms with Gasteiger partial charge in [-0.25, -0.2) is 0 Å². The summed E-state index contributed by atoms with van der Waals surface area (Å²) in [6, 6.07) is 7.40. The van der Waals surface area contributed by atoms with Gasteiger partial charge in [-0.2, -0.15) is 0 Å². The Morgan fingerprint density at radius 2 is 2.00 bits per heavy atom. The third-order valence-electron chi connectivity index (χ3n) is 2.87. The summed E-state index contributed by atoms with van der Waals surface area (Å²) in [7, 11) is -2.24. The second-order valence-electron chi connectivity index (χ2n) is 3.89. The molecule has 1 nitrogen and oxygen atoms in total. The predicted molar refractivity (Wildman–Crippen MR) is 66.6 cm³/mol. The quantitative estimate of drug-likeness (QED) is 0.714. The van der Waals surface area contributed by atoms with Crippen LogP contribution in [0.3, 0.4) is 0 Å². The second kappa shape index (κ2) is 4.15. The lowest BCUT2D eigenvalue weighted by Crippen LogP contribution is -2.02. The first-order valence-corrected chi connectivity index (χ1v) is 7.53. The molecule has 1 atom stereocenters. The van der Waals surface area contributed by atoms with E-state index in [4.69, 9.17) is 11.6 Å². The number of halogens is 1. The fourth-order valence-corrected chi connectivity index (χ4v) is 4.74. The number of allylic oxidation sites excluding steroid dienone is 1. The molecular formula is C12H14ClOP. The molecule has 0 fully saturated rings. The normalized spacial score (nSPS) is 25.3. The van der Waals surface area contributed by atoms with Gasteiger partial charge in [0.2, 0.25) is 0 Å². The molecular weight excluding hydrogens is 227 g/mol. The Labute approximate surface area is 95.5 Å². The highest BCUT2D eigenvalue weighted by Crippen LogP contribution is 2.53. The molecule has 1 heterocycles. The van der Waals surface area contributed by atoms with E-state index >= 15 is 0 Å². The highest BCUT2D eigenvalue weighted by atomic mass is 35.5. The van der Waals surface area contributed by atoms with Crippen LogP contribution in [-0.2, 0) is 4.57 Å². The van der Waals surface area contributed by atoms with Gasteiger partial charge in [0.15, 0.2) is 0 Å². The van der Waals surface area contributed by atoms with Gasteiger partial charge in [0, 0.05) is 16.5 Å². The van der Waals surface area contributed by atoms with Gasteiger partial charge in [-0.15, -0.1) is 0 Å². The maximum absolute atomic E-state index is 12.6. The van der Waals surface area contributed by atoms with Crippen LogP contribution >= 0.6 is 18.7 Å². The van der Waals surface area contributed by atoms with Gasteiger partial charge >= 0.3 is 0 Å². The molecule has 0 radical (unpaired) electrons. The molecule has 3 heteroatoms. The van der Waals surface area contributed by atoms with Crippen molar-refractivity contribution in [2.75, 3.05) is 6.16 Å². The minimum Gasteiger partial charge on any atom is -0.314 e. The van der Waals surface area contributed by atoms with E-state index in [1.807, 2.05) is 30.1 Å². The first-order chi connectivity index (χ1) is 7.14. The van der Waals surface area contributed by atoms with Crippen LogP contribution in [0.1, 0.15) is 19.8 Å². The molecule has 0 bridgehead atoms. The summed E-state index contributed by atoms with van der Waals surface area (Å²) in [4.78, 5) is 0. The first-order valence-electron chi connectivity index (χ1n) is 5.19. The van der Waals surface area contributed by atoms with Crippen LogP contribution < -0.4 is 5.30 Å². The van der Waals surface area contributed by atoms with Gasteiger partial charge < -0.3 is 4.57 Å². The third-order valence-corrected chi connectivity index (χ3v) is 5.97. The van der Waals surface area contributed by atoms with Crippen molar-refractivity contribution in [3.8, 4) is 0 Å². The maximum atomic E-state index is 12.6. The zero-order chi connectivity index (χ0) is 10.9. The van der Waals surface area contributed by atoms with E-state index in [0.29, 0.717) is 5.02 Å². The largest absolute Gasteiger partial charge is 0.314 e. The zero-order valence-electron chi connectivity index (χ0n) is 8.74. The lowest BCUT2D eigenvalue weighted by atomic mass is 10.2. The monoisotopic (exact) mass is 240 g/mol. The van der Waals surface area contributed by atoms with E-state index in [2.05, 4.69) is 6.92 Å². The third kappa shape index (κ3) is 2.19. The standard InChI is InChI=1S/C12H14ClOP/c1-2-10-7-8-15(14,9-10)12-5-3-11(13)4-6-12/h3-6,9H,2,7-8H2,1H3. The smallest absolute Gasteiger partial charge is 0.136 e. The fourth-order valence-electron chi connectivity index (χ4n) is 1.90. The Morgan fingerprint density at radius 3 is 2.53 bits per heavy atom. The van der Waals surface area contributed by atoms with Crippen molar-refractivity contribution in [2.45, 2.75) is 19.8 Å².